The first kappa shape index (κ1) is 21.5. The summed E-state index contributed by atoms with van der Waals surface area (Å²) in [5.41, 5.74) is -0.140. The molecule has 0 amide bonds. The van der Waals surface area contributed by atoms with Crippen LogP contribution in [0.1, 0.15) is 29.6 Å². The number of aromatic amines is 1. The predicted molar refractivity (Wildman–Crippen MR) is 110 cm³/mol. The number of carbonyl (C=O) groups is 1. The Balaban J connectivity index is 2.08. The second-order valence-electron chi connectivity index (χ2n) is 7.24. The van der Waals surface area contributed by atoms with Crippen LogP contribution in [0, 0.1) is 20.8 Å². The molecular formula is C21H19F3N4O4. The topological polar surface area (TPSA) is 90.6 Å². The quantitative estimate of drug-likeness (QED) is 0.468. The Morgan fingerprint density at radius 2 is 1.81 bits per heavy atom. The van der Waals surface area contributed by atoms with Crippen molar-refractivity contribution < 1.29 is 27.4 Å². The molecular weight excluding hydrogens is 429 g/mol. The minimum absolute atomic E-state index is 0.0378. The lowest BCUT2D eigenvalue weighted by atomic mass is 10.1. The van der Waals surface area contributed by atoms with E-state index in [1.165, 1.54) is 22.0 Å². The van der Waals surface area contributed by atoms with E-state index in [0.717, 1.165) is 6.07 Å². The molecule has 11 heteroatoms. The fourth-order valence-electron chi connectivity index (χ4n) is 3.75. The van der Waals surface area contributed by atoms with Crippen molar-refractivity contribution in [3.05, 3.63) is 57.3 Å². The zero-order valence-corrected chi connectivity index (χ0v) is 17.6. The van der Waals surface area contributed by atoms with Gasteiger partial charge < -0.3 is 19.0 Å². The number of H-pyrrole nitrogens is 1. The van der Waals surface area contributed by atoms with Gasteiger partial charge in [-0.3, -0.25) is 9.20 Å². The molecule has 0 saturated carbocycles. The standard InChI is InChI=1S/C21H19F3N4O4/c1-5-31-20(30)32-19-12(4)28-16-9-15(27-10(2)6-7-11(27)3)13(21(22,23)24)8-14(16)25-18(29)17(28)26-19/h6-9H,5H2,1-4H3,(H,25,29). The second-order valence-corrected chi connectivity index (χ2v) is 7.24. The van der Waals surface area contributed by atoms with Crippen LogP contribution in [-0.2, 0) is 10.9 Å². The Morgan fingerprint density at radius 3 is 2.41 bits per heavy atom. The van der Waals surface area contributed by atoms with Crippen molar-refractivity contribution in [2.24, 2.45) is 0 Å². The van der Waals surface area contributed by atoms with Crippen LogP contribution in [-0.4, -0.2) is 31.7 Å². The lowest BCUT2D eigenvalue weighted by molar-refractivity contribution is -0.137. The van der Waals surface area contributed by atoms with E-state index >= 15 is 0 Å². The van der Waals surface area contributed by atoms with Gasteiger partial charge in [-0.05, 0) is 52.0 Å². The van der Waals surface area contributed by atoms with Gasteiger partial charge in [-0.1, -0.05) is 0 Å². The molecule has 3 aromatic heterocycles. The Morgan fingerprint density at radius 1 is 1.16 bits per heavy atom. The van der Waals surface area contributed by atoms with Gasteiger partial charge in [-0.25, -0.2) is 4.79 Å². The first-order chi connectivity index (χ1) is 15.0. The van der Waals surface area contributed by atoms with Crippen LogP contribution < -0.4 is 10.3 Å². The molecule has 4 rings (SSSR count). The normalized spacial score (nSPS) is 12.0. The second kappa shape index (κ2) is 7.43. The zero-order valence-electron chi connectivity index (χ0n) is 17.6. The number of rotatable bonds is 3. The van der Waals surface area contributed by atoms with Crippen molar-refractivity contribution in [1.82, 2.24) is 18.9 Å². The molecule has 0 bridgehead atoms. The Labute approximate surface area is 179 Å². The number of alkyl halides is 3. The van der Waals surface area contributed by atoms with Gasteiger partial charge in [0.15, 0.2) is 0 Å². The zero-order chi connectivity index (χ0) is 23.4. The summed E-state index contributed by atoms with van der Waals surface area (Å²) in [5, 5.41) is 0. The summed E-state index contributed by atoms with van der Waals surface area (Å²) < 4.78 is 54.5. The highest BCUT2D eigenvalue weighted by molar-refractivity contribution is 5.82. The largest absolute Gasteiger partial charge is 0.515 e. The van der Waals surface area contributed by atoms with Gasteiger partial charge in [0.25, 0.3) is 5.56 Å². The molecule has 0 aliphatic heterocycles. The number of aryl methyl sites for hydroxylation is 3. The molecule has 3 heterocycles. The third kappa shape index (κ3) is 3.39. The molecule has 0 radical (unpaired) electrons. The van der Waals surface area contributed by atoms with Gasteiger partial charge in [0.05, 0.1) is 34.6 Å². The Hall–Kier alpha value is -3.76. The molecule has 8 nitrogen and oxygen atoms in total. The van der Waals surface area contributed by atoms with E-state index in [1.54, 1.807) is 32.9 Å². The highest BCUT2D eigenvalue weighted by atomic mass is 19.4. The predicted octanol–water partition coefficient (Wildman–Crippen LogP) is 4.45. The number of nitrogens with zero attached hydrogens (tertiary/aromatic N) is 3. The van der Waals surface area contributed by atoms with Crippen LogP contribution in [0.15, 0.2) is 29.1 Å². The highest BCUT2D eigenvalue weighted by Gasteiger charge is 2.35. The monoisotopic (exact) mass is 448 g/mol. The molecule has 0 saturated heterocycles. The lowest BCUT2D eigenvalue weighted by Crippen LogP contribution is -2.16. The third-order valence-corrected chi connectivity index (χ3v) is 5.13. The summed E-state index contributed by atoms with van der Waals surface area (Å²) >= 11 is 0. The molecule has 1 aromatic carbocycles. The maximum Gasteiger partial charge on any atom is 0.515 e. The Kier molecular flexibility index (Phi) is 4.99. The Bertz CT molecular complexity index is 1410. The summed E-state index contributed by atoms with van der Waals surface area (Å²) in [5.74, 6) is -0.170. The average molecular weight is 448 g/mol. The number of carbonyl (C=O) groups excluding carboxylic acids is 1. The molecule has 0 aliphatic carbocycles. The van der Waals surface area contributed by atoms with Gasteiger partial charge in [-0.2, -0.15) is 18.2 Å². The third-order valence-electron chi connectivity index (χ3n) is 5.13. The number of hydrogen-bond acceptors (Lipinski definition) is 5. The van der Waals surface area contributed by atoms with Crippen LogP contribution in [0.2, 0.25) is 0 Å². The van der Waals surface area contributed by atoms with Crippen LogP contribution in [0.3, 0.4) is 0 Å². The number of benzene rings is 1. The molecule has 32 heavy (non-hydrogen) atoms. The SMILES string of the molecule is CCOC(=O)Oc1nc2c(=O)[nH]c3cc(C(F)(F)F)c(-n4c(C)ccc4C)cc3n2c1C. The fourth-order valence-corrected chi connectivity index (χ4v) is 3.75. The number of hydrogen-bond donors (Lipinski definition) is 1. The molecule has 0 aliphatic rings. The minimum atomic E-state index is -4.67. The van der Waals surface area contributed by atoms with Crippen molar-refractivity contribution in [1.29, 1.82) is 0 Å². The van der Waals surface area contributed by atoms with Crippen LogP contribution >= 0.6 is 0 Å². The van der Waals surface area contributed by atoms with Crippen molar-refractivity contribution in [2.45, 2.75) is 33.9 Å². The maximum atomic E-state index is 13.9. The molecule has 168 valence electrons. The van der Waals surface area contributed by atoms with E-state index in [4.69, 9.17) is 9.47 Å². The van der Waals surface area contributed by atoms with Crippen LogP contribution in [0.4, 0.5) is 18.0 Å². The molecule has 0 unspecified atom stereocenters. The summed E-state index contributed by atoms with van der Waals surface area (Å²) in [6, 6.07) is 5.67. The van der Waals surface area contributed by atoms with Gasteiger partial charge >= 0.3 is 12.3 Å². The average Bonchev–Trinajstić information content (AvgIpc) is 3.20. The number of imidazole rings is 1. The molecule has 0 fully saturated rings. The van der Waals surface area contributed by atoms with E-state index in [0.29, 0.717) is 11.4 Å². The van der Waals surface area contributed by atoms with E-state index in [9.17, 15) is 22.8 Å². The minimum Gasteiger partial charge on any atom is -0.434 e. The fraction of sp³-hybridized carbons (Fsp3) is 0.286. The highest BCUT2D eigenvalue weighted by Crippen LogP contribution is 2.37. The summed E-state index contributed by atoms with van der Waals surface area (Å²) in [6.07, 6.45) is -5.67. The van der Waals surface area contributed by atoms with Gasteiger partial charge in [-0.15, -0.1) is 0 Å². The van der Waals surface area contributed by atoms with Crippen LogP contribution in [0.5, 0.6) is 5.88 Å². The number of ether oxygens (including phenoxy) is 2. The van der Waals surface area contributed by atoms with Gasteiger partial charge in [0, 0.05) is 11.4 Å². The molecule has 0 atom stereocenters. The van der Waals surface area contributed by atoms with Crippen molar-refractivity contribution in [3.63, 3.8) is 0 Å². The molecule has 1 N–H and O–H groups in total. The molecule has 4 aromatic rings. The number of aromatic nitrogens is 4. The summed E-state index contributed by atoms with van der Waals surface area (Å²) in [4.78, 5) is 30.8. The van der Waals surface area contributed by atoms with E-state index in [1.807, 2.05) is 0 Å². The maximum absolute atomic E-state index is 13.9. The lowest BCUT2D eigenvalue weighted by Gasteiger charge is -2.18. The van der Waals surface area contributed by atoms with Gasteiger partial charge in [0.1, 0.15) is 0 Å². The molecule has 0 spiro atoms. The van der Waals surface area contributed by atoms with Crippen molar-refractivity contribution in [2.75, 3.05) is 6.61 Å². The summed E-state index contributed by atoms with van der Waals surface area (Å²) in [7, 11) is 0. The van der Waals surface area contributed by atoms with E-state index in [2.05, 4.69) is 9.97 Å². The number of halogens is 3. The van der Waals surface area contributed by atoms with E-state index < -0.39 is 23.5 Å². The van der Waals surface area contributed by atoms with E-state index in [-0.39, 0.29) is 40.5 Å². The van der Waals surface area contributed by atoms with Gasteiger partial charge in [0.2, 0.25) is 11.5 Å². The smallest absolute Gasteiger partial charge is 0.434 e. The van der Waals surface area contributed by atoms with Crippen molar-refractivity contribution >= 4 is 22.8 Å². The van der Waals surface area contributed by atoms with Crippen LogP contribution in [0.25, 0.3) is 22.4 Å². The number of fused-ring (bicyclic) bond motifs is 3. The number of nitrogens with one attached hydrogen (secondary N) is 1. The first-order valence-corrected chi connectivity index (χ1v) is 9.69. The first-order valence-electron chi connectivity index (χ1n) is 9.69. The summed E-state index contributed by atoms with van der Waals surface area (Å²) in [6.45, 7) is 6.62. The van der Waals surface area contributed by atoms with Crippen molar-refractivity contribution in [3.8, 4) is 11.6 Å².